The maximum absolute atomic E-state index is 5.00. The zero-order valence-corrected chi connectivity index (χ0v) is 11.0. The topological polar surface area (TPSA) is 24.5 Å². The lowest BCUT2D eigenvalue weighted by atomic mass is 10.1. The molecule has 0 aromatic rings. The molecule has 0 radical (unpaired) electrons. The minimum absolute atomic E-state index is 0.590. The van der Waals surface area contributed by atoms with Crippen molar-refractivity contribution in [3.8, 4) is 0 Å². The van der Waals surface area contributed by atoms with Gasteiger partial charge in [-0.05, 0) is 26.8 Å². The molecule has 0 bridgehead atoms. The molecule has 3 heteroatoms. The molecule has 1 N–H and O–H groups in total. The molecule has 0 spiro atoms. The second kappa shape index (κ2) is 9.13. The molecule has 0 saturated heterocycles. The average Bonchev–Trinajstić information content (AvgIpc) is 2.25. The lowest BCUT2D eigenvalue weighted by molar-refractivity contribution is 0.163. The van der Waals surface area contributed by atoms with Crippen molar-refractivity contribution in [2.24, 2.45) is 0 Å². The largest absolute Gasteiger partial charge is 0.383 e. The Morgan fingerprint density at radius 2 is 1.87 bits per heavy atom. The van der Waals surface area contributed by atoms with Crippen LogP contribution < -0.4 is 5.32 Å². The van der Waals surface area contributed by atoms with E-state index < -0.39 is 0 Å². The lowest BCUT2D eigenvalue weighted by Crippen LogP contribution is -2.43. The predicted molar refractivity (Wildman–Crippen MR) is 66.3 cm³/mol. The summed E-state index contributed by atoms with van der Waals surface area (Å²) in [6.45, 7) is 9.57. The van der Waals surface area contributed by atoms with Crippen molar-refractivity contribution in [3.05, 3.63) is 0 Å². The fraction of sp³-hybridized carbons (Fsp3) is 1.00. The third-order valence-electron chi connectivity index (χ3n) is 3.14. The number of likely N-dealkylation sites (N-methyl/N-ethyl adjacent to an activating group) is 1. The van der Waals surface area contributed by atoms with Crippen molar-refractivity contribution >= 4 is 0 Å². The molecule has 15 heavy (non-hydrogen) atoms. The van der Waals surface area contributed by atoms with E-state index in [4.69, 9.17) is 4.74 Å². The number of rotatable bonds is 9. The van der Waals surface area contributed by atoms with Crippen LogP contribution in [-0.4, -0.2) is 50.8 Å². The Kier molecular flexibility index (Phi) is 9.06. The normalized spacial score (nSPS) is 13.8. The molecular weight excluding hydrogens is 188 g/mol. The van der Waals surface area contributed by atoms with Crippen molar-refractivity contribution in [3.63, 3.8) is 0 Å². The first kappa shape index (κ1) is 14.9. The van der Waals surface area contributed by atoms with Gasteiger partial charge in [0.25, 0.3) is 0 Å². The van der Waals surface area contributed by atoms with Gasteiger partial charge in [0.05, 0.1) is 6.61 Å². The van der Waals surface area contributed by atoms with Gasteiger partial charge in [0.1, 0.15) is 0 Å². The maximum atomic E-state index is 5.00. The molecule has 0 rings (SSSR count). The van der Waals surface area contributed by atoms with Crippen LogP contribution in [-0.2, 0) is 4.74 Å². The fourth-order valence-electron chi connectivity index (χ4n) is 1.85. The van der Waals surface area contributed by atoms with E-state index in [9.17, 15) is 0 Å². The minimum Gasteiger partial charge on any atom is -0.383 e. The van der Waals surface area contributed by atoms with Gasteiger partial charge < -0.3 is 10.1 Å². The number of nitrogens with one attached hydrogen (secondary N) is 1. The SMILES string of the molecule is CCC(CC)N(C)C(C)CNCCOC. The first-order valence-corrected chi connectivity index (χ1v) is 6.08. The van der Waals surface area contributed by atoms with Gasteiger partial charge in [0.15, 0.2) is 0 Å². The molecule has 0 saturated carbocycles. The van der Waals surface area contributed by atoms with Crippen molar-refractivity contribution in [1.82, 2.24) is 10.2 Å². The van der Waals surface area contributed by atoms with E-state index in [2.05, 4.69) is 38.0 Å². The summed E-state index contributed by atoms with van der Waals surface area (Å²) in [5.74, 6) is 0. The third-order valence-corrected chi connectivity index (χ3v) is 3.14. The van der Waals surface area contributed by atoms with Crippen LogP contribution in [0.4, 0.5) is 0 Å². The molecule has 92 valence electrons. The minimum atomic E-state index is 0.590. The number of ether oxygens (including phenoxy) is 1. The van der Waals surface area contributed by atoms with Gasteiger partial charge in [-0.25, -0.2) is 0 Å². The summed E-state index contributed by atoms with van der Waals surface area (Å²) >= 11 is 0. The number of methoxy groups -OCH3 is 1. The first-order chi connectivity index (χ1) is 7.17. The average molecular weight is 216 g/mol. The van der Waals surface area contributed by atoms with Gasteiger partial charge in [-0.15, -0.1) is 0 Å². The Hall–Kier alpha value is -0.120. The summed E-state index contributed by atoms with van der Waals surface area (Å²) in [5, 5.41) is 3.40. The molecule has 1 unspecified atom stereocenters. The molecule has 0 aromatic heterocycles. The summed E-state index contributed by atoms with van der Waals surface area (Å²) < 4.78 is 5.00. The molecule has 0 aliphatic heterocycles. The van der Waals surface area contributed by atoms with Gasteiger partial charge in [0, 0.05) is 32.3 Å². The molecule has 0 aliphatic rings. The van der Waals surface area contributed by atoms with E-state index in [1.807, 2.05) is 0 Å². The Morgan fingerprint density at radius 1 is 1.27 bits per heavy atom. The molecule has 1 atom stereocenters. The summed E-state index contributed by atoms with van der Waals surface area (Å²) in [5.41, 5.74) is 0. The Bertz CT molecular complexity index is 138. The second-order valence-corrected chi connectivity index (χ2v) is 4.18. The van der Waals surface area contributed by atoms with Crippen molar-refractivity contribution in [2.45, 2.75) is 45.7 Å². The van der Waals surface area contributed by atoms with Crippen LogP contribution >= 0.6 is 0 Å². The first-order valence-electron chi connectivity index (χ1n) is 6.08. The van der Waals surface area contributed by atoms with Gasteiger partial charge in [-0.3, -0.25) is 4.90 Å². The zero-order chi connectivity index (χ0) is 11.7. The molecule has 0 fully saturated rings. The van der Waals surface area contributed by atoms with Crippen molar-refractivity contribution in [1.29, 1.82) is 0 Å². The van der Waals surface area contributed by atoms with E-state index in [0.717, 1.165) is 19.7 Å². The van der Waals surface area contributed by atoms with Crippen LogP contribution in [0.2, 0.25) is 0 Å². The number of hydrogen-bond acceptors (Lipinski definition) is 3. The Labute approximate surface area is 95.2 Å². The molecule has 3 nitrogen and oxygen atoms in total. The predicted octanol–water partition coefficient (Wildman–Crippen LogP) is 1.73. The molecular formula is C12H28N2O. The zero-order valence-electron chi connectivity index (χ0n) is 11.0. The van der Waals surface area contributed by atoms with Crippen molar-refractivity contribution < 1.29 is 4.74 Å². The molecule has 0 aliphatic carbocycles. The monoisotopic (exact) mass is 216 g/mol. The van der Waals surface area contributed by atoms with Crippen LogP contribution in [0.3, 0.4) is 0 Å². The highest BCUT2D eigenvalue weighted by Gasteiger charge is 2.15. The van der Waals surface area contributed by atoms with Crippen LogP contribution in [0.5, 0.6) is 0 Å². The smallest absolute Gasteiger partial charge is 0.0587 e. The van der Waals surface area contributed by atoms with Gasteiger partial charge in [-0.1, -0.05) is 13.8 Å². The summed E-state index contributed by atoms with van der Waals surface area (Å²) in [4.78, 5) is 2.47. The lowest BCUT2D eigenvalue weighted by Gasteiger charge is -2.32. The second-order valence-electron chi connectivity index (χ2n) is 4.18. The van der Waals surface area contributed by atoms with Crippen molar-refractivity contribution in [2.75, 3.05) is 33.9 Å². The van der Waals surface area contributed by atoms with Crippen LogP contribution in [0, 0.1) is 0 Å². The van der Waals surface area contributed by atoms with Gasteiger partial charge >= 0.3 is 0 Å². The van der Waals surface area contributed by atoms with E-state index >= 15 is 0 Å². The van der Waals surface area contributed by atoms with Gasteiger partial charge in [-0.2, -0.15) is 0 Å². The summed E-state index contributed by atoms with van der Waals surface area (Å²) in [6.07, 6.45) is 2.46. The summed E-state index contributed by atoms with van der Waals surface area (Å²) in [7, 11) is 3.96. The van der Waals surface area contributed by atoms with Crippen LogP contribution in [0.15, 0.2) is 0 Å². The number of nitrogens with zero attached hydrogens (tertiary/aromatic N) is 1. The van der Waals surface area contributed by atoms with E-state index in [1.165, 1.54) is 12.8 Å². The maximum Gasteiger partial charge on any atom is 0.0587 e. The highest BCUT2D eigenvalue weighted by molar-refractivity contribution is 4.73. The van der Waals surface area contributed by atoms with E-state index in [1.54, 1.807) is 7.11 Å². The quantitative estimate of drug-likeness (QED) is 0.594. The van der Waals surface area contributed by atoms with Gasteiger partial charge in [0.2, 0.25) is 0 Å². The third kappa shape index (κ3) is 6.13. The Morgan fingerprint density at radius 3 is 2.33 bits per heavy atom. The molecule has 0 heterocycles. The molecule has 0 aromatic carbocycles. The standard InChI is InChI=1S/C12H28N2O/c1-6-12(7-2)14(4)11(3)10-13-8-9-15-5/h11-13H,6-10H2,1-5H3. The van der Waals surface area contributed by atoms with E-state index in [-0.39, 0.29) is 0 Å². The van der Waals surface area contributed by atoms with Crippen LogP contribution in [0.1, 0.15) is 33.6 Å². The van der Waals surface area contributed by atoms with Crippen LogP contribution in [0.25, 0.3) is 0 Å². The fourth-order valence-corrected chi connectivity index (χ4v) is 1.85. The Balaban J connectivity index is 3.71. The highest BCUT2D eigenvalue weighted by Crippen LogP contribution is 2.09. The summed E-state index contributed by atoms with van der Waals surface area (Å²) in [6, 6.07) is 1.30. The number of hydrogen-bond donors (Lipinski definition) is 1. The molecule has 0 amide bonds. The highest BCUT2D eigenvalue weighted by atomic mass is 16.5. The van der Waals surface area contributed by atoms with E-state index in [0.29, 0.717) is 12.1 Å².